The molecule has 1 aliphatic carbocycles. The average molecular weight is 171 g/mol. The lowest BCUT2D eigenvalue weighted by Crippen LogP contribution is -2.16. The van der Waals surface area contributed by atoms with Gasteiger partial charge < -0.3 is 5.73 Å². The molecule has 0 aromatic carbocycles. The van der Waals surface area contributed by atoms with Crippen LogP contribution in [0.2, 0.25) is 0 Å². The molecule has 11 heavy (non-hydrogen) atoms. The molecule has 0 spiro atoms. The number of hydrogen-bond donors (Lipinski definition) is 3. The van der Waals surface area contributed by atoms with E-state index in [1.807, 2.05) is 0 Å². The lowest BCUT2D eigenvalue weighted by atomic mass is 10.1. The second kappa shape index (κ2) is 2.87. The highest BCUT2D eigenvalue weighted by Crippen LogP contribution is 2.12. The normalized spacial score (nSPS) is 21.6. The second-order valence-electron chi connectivity index (χ2n) is 1.99. The number of nitrogens with one attached hydrogen (secondary N) is 1. The summed E-state index contributed by atoms with van der Waals surface area (Å²) in [6.45, 7) is 0. The van der Waals surface area contributed by atoms with Crippen LogP contribution < -0.4 is 5.73 Å². The van der Waals surface area contributed by atoms with Gasteiger partial charge in [-0.15, -0.1) is 0 Å². The molecule has 0 atom stereocenters. The maximum atomic E-state index is 12.6. The zero-order valence-electron chi connectivity index (χ0n) is 5.50. The van der Waals surface area contributed by atoms with Gasteiger partial charge in [0.25, 0.3) is 0 Å². The number of halogens is 1. The van der Waals surface area contributed by atoms with E-state index in [4.69, 9.17) is 11.1 Å². The summed E-state index contributed by atoms with van der Waals surface area (Å²) in [5.41, 5.74) is 5.39. The molecule has 58 valence electrons. The largest absolute Gasteiger partial charge is 0.396 e. The fourth-order valence-corrected chi connectivity index (χ4v) is 0.828. The quantitative estimate of drug-likeness (QED) is 0.369. The lowest BCUT2D eigenvalue weighted by molar-refractivity contribution is 0.649. The molecule has 0 saturated heterocycles. The molecule has 0 bridgehead atoms. The van der Waals surface area contributed by atoms with Gasteiger partial charge in [0.05, 0.1) is 17.1 Å². The lowest BCUT2D eigenvalue weighted by Gasteiger charge is -2.06. The third-order valence-electron chi connectivity index (χ3n) is 1.22. The van der Waals surface area contributed by atoms with Crippen molar-refractivity contribution in [3.8, 4) is 0 Å². The van der Waals surface area contributed by atoms with Crippen molar-refractivity contribution < 1.29 is 4.39 Å². The summed E-state index contributed by atoms with van der Waals surface area (Å²) in [4.78, 5) is 0. The van der Waals surface area contributed by atoms with Crippen molar-refractivity contribution in [3.05, 3.63) is 23.7 Å². The highest BCUT2D eigenvalue weighted by atomic mass is 32.1. The first-order valence-electron chi connectivity index (χ1n) is 2.81. The summed E-state index contributed by atoms with van der Waals surface area (Å²) < 4.78 is 16.0. The molecule has 5 heteroatoms. The highest BCUT2D eigenvalue weighted by molar-refractivity contribution is 7.79. The van der Waals surface area contributed by atoms with E-state index in [-0.39, 0.29) is 17.1 Å². The van der Waals surface area contributed by atoms with Gasteiger partial charge in [-0.05, 0) is 18.9 Å². The van der Waals surface area contributed by atoms with Crippen LogP contribution >= 0.6 is 12.8 Å². The number of allylic oxidation sites excluding steroid dienone is 3. The second-order valence-corrected chi connectivity index (χ2v) is 2.19. The average Bonchev–Trinajstić information content (AvgIpc) is 1.97. The summed E-state index contributed by atoms with van der Waals surface area (Å²) in [5, 5.41) is 7.22. The minimum atomic E-state index is -0.575. The Morgan fingerprint density at radius 3 is 2.73 bits per heavy atom. The molecular weight excluding hydrogens is 165 g/mol. The van der Waals surface area contributed by atoms with Crippen LogP contribution in [-0.4, -0.2) is 11.4 Å². The standard InChI is InChI=1S/C6H6FN3S/c7-3-1-6(10-11)5(9)2-4(3)8/h1-2,9,11H,8H2/b9-5?,10-6-. The molecule has 1 rings (SSSR count). The Morgan fingerprint density at radius 1 is 1.55 bits per heavy atom. The zero-order valence-corrected chi connectivity index (χ0v) is 6.40. The van der Waals surface area contributed by atoms with Crippen molar-refractivity contribution >= 4 is 24.2 Å². The maximum absolute atomic E-state index is 12.6. The summed E-state index contributed by atoms with van der Waals surface area (Å²) in [7, 11) is 0. The van der Waals surface area contributed by atoms with Crippen LogP contribution in [0.25, 0.3) is 0 Å². The zero-order chi connectivity index (χ0) is 8.43. The van der Waals surface area contributed by atoms with Crippen LogP contribution in [0.3, 0.4) is 0 Å². The molecule has 0 aliphatic heterocycles. The van der Waals surface area contributed by atoms with E-state index < -0.39 is 5.83 Å². The molecular formula is C6H6FN3S. The van der Waals surface area contributed by atoms with E-state index in [0.29, 0.717) is 0 Å². The Balaban J connectivity index is 3.08. The molecule has 0 aromatic heterocycles. The first-order valence-corrected chi connectivity index (χ1v) is 3.21. The Hall–Kier alpha value is -1.10. The predicted molar refractivity (Wildman–Crippen MR) is 45.6 cm³/mol. The van der Waals surface area contributed by atoms with E-state index in [1.165, 1.54) is 6.08 Å². The number of nitrogens with two attached hydrogens (primary N) is 1. The first-order chi connectivity index (χ1) is 5.15. The van der Waals surface area contributed by atoms with Crippen molar-refractivity contribution in [1.29, 1.82) is 5.41 Å². The van der Waals surface area contributed by atoms with Gasteiger partial charge in [0.15, 0.2) is 0 Å². The predicted octanol–water partition coefficient (Wildman–Crippen LogP) is 1.00. The number of nitrogens with zero attached hydrogens (tertiary/aromatic N) is 1. The smallest absolute Gasteiger partial charge is 0.148 e. The van der Waals surface area contributed by atoms with E-state index in [9.17, 15) is 4.39 Å². The van der Waals surface area contributed by atoms with Crippen molar-refractivity contribution in [2.45, 2.75) is 0 Å². The molecule has 0 amide bonds. The fraction of sp³-hybridized carbons (Fsp3) is 0. The first kappa shape index (κ1) is 8.00. The van der Waals surface area contributed by atoms with Crippen molar-refractivity contribution in [2.75, 3.05) is 0 Å². The van der Waals surface area contributed by atoms with Crippen LogP contribution in [0.5, 0.6) is 0 Å². The van der Waals surface area contributed by atoms with Crippen molar-refractivity contribution in [3.63, 3.8) is 0 Å². The van der Waals surface area contributed by atoms with Gasteiger partial charge in [0.2, 0.25) is 0 Å². The SMILES string of the molecule is N=C1C=C(N)C(F)=C/C1=N/S. The Morgan fingerprint density at radius 2 is 2.18 bits per heavy atom. The van der Waals surface area contributed by atoms with E-state index >= 15 is 0 Å². The van der Waals surface area contributed by atoms with Gasteiger partial charge in [0, 0.05) is 6.08 Å². The van der Waals surface area contributed by atoms with Gasteiger partial charge in [-0.1, -0.05) is 0 Å². The van der Waals surface area contributed by atoms with Crippen LogP contribution in [0.4, 0.5) is 4.39 Å². The number of hydrogen-bond acceptors (Lipinski definition) is 4. The third kappa shape index (κ3) is 1.48. The highest BCUT2D eigenvalue weighted by Gasteiger charge is 2.12. The number of rotatable bonds is 0. The van der Waals surface area contributed by atoms with E-state index in [2.05, 4.69) is 17.2 Å². The van der Waals surface area contributed by atoms with Crippen LogP contribution in [0.15, 0.2) is 28.1 Å². The Bertz CT molecular complexity index is 290. The molecule has 3 N–H and O–H groups in total. The van der Waals surface area contributed by atoms with Crippen molar-refractivity contribution in [1.82, 2.24) is 0 Å². The minimum Gasteiger partial charge on any atom is -0.396 e. The van der Waals surface area contributed by atoms with Gasteiger partial charge in [-0.2, -0.15) is 0 Å². The van der Waals surface area contributed by atoms with Crippen LogP contribution in [0, 0.1) is 5.41 Å². The van der Waals surface area contributed by atoms with Gasteiger partial charge in [-0.3, -0.25) is 5.41 Å². The molecule has 0 heterocycles. The van der Waals surface area contributed by atoms with Crippen molar-refractivity contribution in [2.24, 2.45) is 10.1 Å². The summed E-state index contributed by atoms with van der Waals surface area (Å²) in [6, 6.07) is 0. The molecule has 0 aromatic rings. The molecule has 0 radical (unpaired) electrons. The van der Waals surface area contributed by atoms with Crippen LogP contribution in [-0.2, 0) is 0 Å². The third-order valence-corrected chi connectivity index (χ3v) is 1.44. The molecule has 0 unspecified atom stereocenters. The minimum absolute atomic E-state index is 0.0456. The Kier molecular flexibility index (Phi) is 2.09. The summed E-state index contributed by atoms with van der Waals surface area (Å²) >= 11 is 3.56. The topological polar surface area (TPSA) is 62.2 Å². The maximum Gasteiger partial charge on any atom is 0.148 e. The monoisotopic (exact) mass is 171 g/mol. The Labute approximate surface area is 68.6 Å². The molecule has 1 aliphatic rings. The van der Waals surface area contributed by atoms with Gasteiger partial charge in [0.1, 0.15) is 5.83 Å². The van der Waals surface area contributed by atoms with E-state index in [0.717, 1.165) is 6.08 Å². The summed E-state index contributed by atoms with van der Waals surface area (Å²) in [6.07, 6.45) is 2.27. The fourth-order valence-electron chi connectivity index (χ4n) is 0.662. The number of thiol groups is 1. The summed E-state index contributed by atoms with van der Waals surface area (Å²) in [5.74, 6) is -0.575. The van der Waals surface area contributed by atoms with E-state index in [1.54, 1.807) is 0 Å². The van der Waals surface area contributed by atoms with Gasteiger partial charge >= 0.3 is 0 Å². The van der Waals surface area contributed by atoms with Gasteiger partial charge in [-0.25, -0.2) is 8.79 Å². The molecule has 3 nitrogen and oxygen atoms in total. The molecule has 0 saturated carbocycles. The molecule has 0 fully saturated rings. The van der Waals surface area contributed by atoms with Crippen LogP contribution in [0.1, 0.15) is 0 Å².